The van der Waals surface area contributed by atoms with Gasteiger partial charge in [-0.15, -0.1) is 0 Å². The van der Waals surface area contributed by atoms with Crippen LogP contribution in [0, 0.1) is 0 Å². The minimum atomic E-state index is -2.66. The summed E-state index contributed by atoms with van der Waals surface area (Å²) in [5.74, 6) is -1.11. The molecule has 1 N–H and O–H groups in total. The monoisotopic (exact) mass is 236 g/mol. The molecule has 0 heterocycles. The van der Waals surface area contributed by atoms with Crippen molar-refractivity contribution >= 4 is 16.7 Å². The Morgan fingerprint density at radius 1 is 1.18 bits per heavy atom. The Balaban J connectivity index is 2.70. The van der Waals surface area contributed by atoms with Crippen molar-refractivity contribution in [2.45, 2.75) is 12.8 Å². The molecule has 0 radical (unpaired) electrons. The molecule has 0 fully saturated rings. The first kappa shape index (κ1) is 11.5. The number of carboxylic acids is 1. The van der Waals surface area contributed by atoms with Gasteiger partial charge in [0.1, 0.15) is 0 Å². The van der Waals surface area contributed by atoms with Gasteiger partial charge in [0.05, 0.1) is 6.42 Å². The lowest BCUT2D eigenvalue weighted by Gasteiger charge is -2.10. The highest BCUT2D eigenvalue weighted by Crippen LogP contribution is 2.29. The van der Waals surface area contributed by atoms with Crippen LogP contribution in [0.25, 0.3) is 10.8 Å². The van der Waals surface area contributed by atoms with Crippen LogP contribution >= 0.6 is 0 Å². The summed E-state index contributed by atoms with van der Waals surface area (Å²) >= 11 is 0. The van der Waals surface area contributed by atoms with E-state index in [1.807, 2.05) is 0 Å². The fourth-order valence-corrected chi connectivity index (χ4v) is 1.91. The first-order valence-corrected chi connectivity index (χ1v) is 5.10. The molecular formula is C13H10F2O2. The van der Waals surface area contributed by atoms with Gasteiger partial charge in [-0.25, -0.2) is 8.78 Å². The van der Waals surface area contributed by atoms with Crippen molar-refractivity contribution < 1.29 is 18.7 Å². The molecule has 0 aliphatic rings. The molecule has 0 aliphatic carbocycles. The van der Waals surface area contributed by atoms with Crippen molar-refractivity contribution in [3.05, 3.63) is 47.5 Å². The van der Waals surface area contributed by atoms with Crippen LogP contribution in [0.1, 0.15) is 17.6 Å². The quantitative estimate of drug-likeness (QED) is 0.886. The summed E-state index contributed by atoms with van der Waals surface area (Å²) in [6.45, 7) is 0. The van der Waals surface area contributed by atoms with Crippen molar-refractivity contribution in [3.63, 3.8) is 0 Å². The first-order chi connectivity index (χ1) is 8.09. The summed E-state index contributed by atoms with van der Waals surface area (Å²) in [5.41, 5.74) is -0.00306. The van der Waals surface area contributed by atoms with E-state index in [-0.39, 0.29) is 17.5 Å². The summed E-state index contributed by atoms with van der Waals surface area (Å²) in [6, 6.07) is 9.82. The molecule has 0 bridgehead atoms. The molecular weight excluding hydrogens is 226 g/mol. The number of carboxylic acid groups (broad SMARTS) is 1. The van der Waals surface area contributed by atoms with Crippen LogP contribution in [0.15, 0.2) is 36.4 Å². The predicted octanol–water partition coefficient (Wildman–Crippen LogP) is 3.40. The van der Waals surface area contributed by atoms with Crippen molar-refractivity contribution in [1.82, 2.24) is 0 Å². The van der Waals surface area contributed by atoms with E-state index in [9.17, 15) is 13.6 Å². The van der Waals surface area contributed by atoms with Crippen molar-refractivity contribution in [1.29, 1.82) is 0 Å². The van der Waals surface area contributed by atoms with Crippen LogP contribution in [0.5, 0.6) is 0 Å². The number of fused-ring (bicyclic) bond motifs is 1. The SMILES string of the molecule is O=C(O)Cc1c(C(F)F)ccc2ccccc12. The predicted molar refractivity (Wildman–Crippen MR) is 60.2 cm³/mol. The largest absolute Gasteiger partial charge is 0.481 e. The van der Waals surface area contributed by atoms with Gasteiger partial charge >= 0.3 is 5.97 Å². The zero-order valence-corrected chi connectivity index (χ0v) is 8.86. The van der Waals surface area contributed by atoms with E-state index in [1.165, 1.54) is 6.07 Å². The third-order valence-electron chi connectivity index (χ3n) is 2.64. The maximum absolute atomic E-state index is 12.8. The molecule has 4 heteroatoms. The number of alkyl halides is 2. The molecule has 0 saturated heterocycles. The van der Waals surface area contributed by atoms with Gasteiger partial charge in [-0.1, -0.05) is 36.4 Å². The van der Waals surface area contributed by atoms with Crippen LogP contribution in [0.4, 0.5) is 8.78 Å². The lowest BCUT2D eigenvalue weighted by atomic mass is 9.97. The van der Waals surface area contributed by atoms with Crippen molar-refractivity contribution in [2.24, 2.45) is 0 Å². The number of hydrogen-bond acceptors (Lipinski definition) is 1. The molecule has 0 atom stereocenters. The van der Waals surface area contributed by atoms with Crippen LogP contribution in [0.2, 0.25) is 0 Å². The highest BCUT2D eigenvalue weighted by molar-refractivity contribution is 5.89. The van der Waals surface area contributed by atoms with Crippen LogP contribution in [-0.2, 0) is 11.2 Å². The Labute approximate surface area is 96.5 Å². The Bertz CT molecular complexity index is 564. The van der Waals surface area contributed by atoms with E-state index < -0.39 is 12.4 Å². The standard InChI is InChI=1S/C13H10F2O2/c14-13(15)10-6-5-8-3-1-2-4-9(8)11(10)7-12(16)17/h1-6,13H,7H2,(H,16,17). The number of rotatable bonds is 3. The van der Waals surface area contributed by atoms with E-state index in [1.54, 1.807) is 30.3 Å². The number of carbonyl (C=O) groups is 1. The average molecular weight is 236 g/mol. The number of benzene rings is 2. The molecule has 2 rings (SSSR count). The first-order valence-electron chi connectivity index (χ1n) is 5.10. The fraction of sp³-hybridized carbons (Fsp3) is 0.154. The van der Waals surface area contributed by atoms with Gasteiger partial charge in [-0.05, 0) is 16.3 Å². The van der Waals surface area contributed by atoms with Gasteiger partial charge in [0, 0.05) is 5.56 Å². The van der Waals surface area contributed by atoms with Gasteiger partial charge < -0.3 is 5.11 Å². The summed E-state index contributed by atoms with van der Waals surface area (Å²) in [4.78, 5) is 10.7. The van der Waals surface area contributed by atoms with Gasteiger partial charge in [0.2, 0.25) is 0 Å². The Morgan fingerprint density at radius 2 is 1.88 bits per heavy atom. The van der Waals surface area contributed by atoms with Crippen molar-refractivity contribution in [3.8, 4) is 0 Å². The normalized spacial score (nSPS) is 11.0. The number of aliphatic carboxylic acids is 1. The van der Waals surface area contributed by atoms with Gasteiger partial charge in [0.15, 0.2) is 0 Å². The smallest absolute Gasteiger partial charge is 0.307 e. The Kier molecular flexibility index (Phi) is 3.04. The number of halogens is 2. The Hall–Kier alpha value is -1.97. The van der Waals surface area contributed by atoms with Gasteiger partial charge in [-0.3, -0.25) is 4.79 Å². The van der Waals surface area contributed by atoms with E-state index in [0.717, 1.165) is 5.39 Å². The average Bonchev–Trinajstić information content (AvgIpc) is 2.28. The summed E-state index contributed by atoms with van der Waals surface area (Å²) < 4.78 is 25.6. The zero-order valence-electron chi connectivity index (χ0n) is 8.86. The molecule has 0 aromatic heterocycles. The highest BCUT2D eigenvalue weighted by Gasteiger charge is 2.17. The number of hydrogen-bond donors (Lipinski definition) is 1. The molecule has 88 valence electrons. The second kappa shape index (κ2) is 4.49. The van der Waals surface area contributed by atoms with Crippen molar-refractivity contribution in [2.75, 3.05) is 0 Å². The lowest BCUT2D eigenvalue weighted by molar-refractivity contribution is -0.136. The summed E-state index contributed by atoms with van der Waals surface area (Å²) in [7, 11) is 0. The van der Waals surface area contributed by atoms with E-state index in [2.05, 4.69) is 0 Å². The molecule has 0 amide bonds. The zero-order chi connectivity index (χ0) is 12.4. The minimum Gasteiger partial charge on any atom is -0.481 e. The highest BCUT2D eigenvalue weighted by atomic mass is 19.3. The van der Waals surface area contributed by atoms with E-state index in [4.69, 9.17) is 5.11 Å². The topological polar surface area (TPSA) is 37.3 Å². The van der Waals surface area contributed by atoms with Gasteiger partial charge in [-0.2, -0.15) is 0 Å². The molecule has 2 nitrogen and oxygen atoms in total. The van der Waals surface area contributed by atoms with Crippen LogP contribution in [-0.4, -0.2) is 11.1 Å². The van der Waals surface area contributed by atoms with Crippen LogP contribution < -0.4 is 0 Å². The maximum atomic E-state index is 12.8. The van der Waals surface area contributed by atoms with Gasteiger partial charge in [0.25, 0.3) is 6.43 Å². The molecule has 0 spiro atoms. The fourth-order valence-electron chi connectivity index (χ4n) is 1.91. The molecule has 0 unspecified atom stereocenters. The molecule has 0 aliphatic heterocycles. The molecule has 2 aromatic rings. The van der Waals surface area contributed by atoms with Crippen LogP contribution in [0.3, 0.4) is 0 Å². The summed E-state index contributed by atoms with van der Waals surface area (Å²) in [6.07, 6.45) is -3.05. The van der Waals surface area contributed by atoms with E-state index >= 15 is 0 Å². The molecule has 17 heavy (non-hydrogen) atoms. The second-order valence-electron chi connectivity index (χ2n) is 3.73. The minimum absolute atomic E-state index is 0.200. The molecule has 0 saturated carbocycles. The lowest BCUT2D eigenvalue weighted by Crippen LogP contribution is -2.05. The maximum Gasteiger partial charge on any atom is 0.307 e. The molecule has 2 aromatic carbocycles. The Morgan fingerprint density at radius 3 is 2.53 bits per heavy atom. The second-order valence-corrected chi connectivity index (χ2v) is 3.73. The van der Waals surface area contributed by atoms with E-state index in [0.29, 0.717) is 5.39 Å². The summed E-state index contributed by atoms with van der Waals surface area (Å²) in [5, 5.41) is 10.1. The third kappa shape index (κ3) is 2.25. The third-order valence-corrected chi connectivity index (χ3v) is 2.64.